The lowest BCUT2D eigenvalue weighted by atomic mass is 10.2. The van der Waals surface area contributed by atoms with Crippen LogP contribution in [0.3, 0.4) is 0 Å². The Morgan fingerprint density at radius 3 is 1.62 bits per heavy atom. The number of carbonyl (C=O) groups is 1. The molecule has 2 aromatic rings. The number of piperazine rings is 1. The maximum absolute atomic E-state index is 10.7. The van der Waals surface area contributed by atoms with Crippen LogP contribution < -0.4 is 9.80 Å². The van der Waals surface area contributed by atoms with Gasteiger partial charge in [-0.3, -0.25) is 4.79 Å². The zero-order valence-corrected chi connectivity index (χ0v) is 12.5. The summed E-state index contributed by atoms with van der Waals surface area (Å²) < 4.78 is 0. The van der Waals surface area contributed by atoms with Gasteiger partial charge in [-0.1, -0.05) is 11.6 Å². The summed E-state index contributed by atoms with van der Waals surface area (Å²) in [5, 5.41) is 0.771. The van der Waals surface area contributed by atoms with Crippen molar-refractivity contribution in [1.82, 2.24) is 0 Å². The normalized spacial score (nSPS) is 15.1. The van der Waals surface area contributed by atoms with E-state index in [4.69, 9.17) is 11.6 Å². The first-order valence-electron chi connectivity index (χ1n) is 7.07. The van der Waals surface area contributed by atoms with E-state index in [0.717, 1.165) is 43.1 Å². The molecule has 1 saturated heterocycles. The minimum atomic E-state index is 0.721. The van der Waals surface area contributed by atoms with Gasteiger partial charge in [-0.05, 0) is 48.5 Å². The summed E-state index contributed by atoms with van der Waals surface area (Å²) in [5.41, 5.74) is 3.12. The summed E-state index contributed by atoms with van der Waals surface area (Å²) in [6.07, 6.45) is 0.877. The second kappa shape index (κ2) is 6.19. The lowest BCUT2D eigenvalue weighted by molar-refractivity contribution is 0.112. The Labute approximate surface area is 129 Å². The third-order valence-corrected chi connectivity index (χ3v) is 4.12. The van der Waals surface area contributed by atoms with Crippen molar-refractivity contribution >= 4 is 29.3 Å². The Balaban J connectivity index is 1.64. The van der Waals surface area contributed by atoms with Crippen molar-refractivity contribution in [3.63, 3.8) is 0 Å². The highest BCUT2D eigenvalue weighted by Crippen LogP contribution is 2.22. The van der Waals surface area contributed by atoms with Crippen molar-refractivity contribution in [2.24, 2.45) is 0 Å². The Kier molecular flexibility index (Phi) is 4.11. The molecule has 0 N–H and O–H groups in total. The number of carbonyl (C=O) groups excluding carboxylic acids is 1. The predicted molar refractivity (Wildman–Crippen MR) is 87.7 cm³/mol. The molecule has 108 valence electrons. The lowest BCUT2D eigenvalue weighted by Gasteiger charge is -2.37. The molecule has 21 heavy (non-hydrogen) atoms. The summed E-state index contributed by atoms with van der Waals surface area (Å²) in [7, 11) is 0. The average molecular weight is 301 g/mol. The minimum Gasteiger partial charge on any atom is -0.368 e. The smallest absolute Gasteiger partial charge is 0.150 e. The number of rotatable bonds is 3. The predicted octanol–water partition coefficient (Wildman–Crippen LogP) is 3.48. The lowest BCUT2D eigenvalue weighted by Crippen LogP contribution is -2.46. The molecule has 0 aromatic heterocycles. The van der Waals surface area contributed by atoms with E-state index in [2.05, 4.69) is 21.9 Å². The molecule has 0 aliphatic carbocycles. The van der Waals surface area contributed by atoms with Crippen LogP contribution in [0.15, 0.2) is 48.5 Å². The van der Waals surface area contributed by atoms with Gasteiger partial charge in [0.05, 0.1) is 0 Å². The van der Waals surface area contributed by atoms with Gasteiger partial charge in [-0.2, -0.15) is 0 Å². The number of halogens is 1. The Morgan fingerprint density at radius 2 is 1.19 bits per heavy atom. The second-order valence-corrected chi connectivity index (χ2v) is 5.60. The number of anilines is 2. The summed E-state index contributed by atoms with van der Waals surface area (Å²) >= 11 is 5.93. The molecule has 1 aliphatic heterocycles. The molecule has 0 unspecified atom stereocenters. The van der Waals surface area contributed by atoms with Crippen LogP contribution in [0.2, 0.25) is 5.02 Å². The van der Waals surface area contributed by atoms with Crippen molar-refractivity contribution in [3.05, 3.63) is 59.1 Å². The number of hydrogen-bond acceptors (Lipinski definition) is 3. The van der Waals surface area contributed by atoms with E-state index < -0.39 is 0 Å². The molecule has 0 saturated carbocycles. The Bertz CT molecular complexity index is 602. The van der Waals surface area contributed by atoms with Crippen molar-refractivity contribution in [1.29, 1.82) is 0 Å². The third-order valence-electron chi connectivity index (χ3n) is 3.87. The molecule has 3 rings (SSSR count). The van der Waals surface area contributed by atoms with E-state index >= 15 is 0 Å². The average Bonchev–Trinajstić information content (AvgIpc) is 2.56. The van der Waals surface area contributed by atoms with Gasteiger partial charge in [0.25, 0.3) is 0 Å². The highest BCUT2D eigenvalue weighted by molar-refractivity contribution is 6.30. The zero-order valence-electron chi connectivity index (χ0n) is 11.7. The Hall–Kier alpha value is -2.00. The van der Waals surface area contributed by atoms with Gasteiger partial charge in [0.2, 0.25) is 0 Å². The van der Waals surface area contributed by atoms with Crippen LogP contribution in [0.25, 0.3) is 0 Å². The topological polar surface area (TPSA) is 23.6 Å². The molecule has 4 heteroatoms. The van der Waals surface area contributed by atoms with Crippen molar-refractivity contribution in [3.8, 4) is 0 Å². The van der Waals surface area contributed by atoms with Gasteiger partial charge in [-0.25, -0.2) is 0 Å². The Morgan fingerprint density at radius 1 is 0.762 bits per heavy atom. The number of hydrogen-bond donors (Lipinski definition) is 0. The van der Waals surface area contributed by atoms with Crippen LogP contribution in [0, 0.1) is 0 Å². The maximum atomic E-state index is 10.7. The van der Waals surface area contributed by atoms with Crippen molar-refractivity contribution < 1.29 is 4.79 Å². The molecular formula is C17H17ClN2O. The summed E-state index contributed by atoms with van der Waals surface area (Å²) in [6, 6.07) is 15.8. The van der Waals surface area contributed by atoms with Gasteiger partial charge < -0.3 is 9.80 Å². The molecule has 1 fully saturated rings. The molecule has 0 radical (unpaired) electrons. The highest BCUT2D eigenvalue weighted by atomic mass is 35.5. The second-order valence-electron chi connectivity index (χ2n) is 5.16. The minimum absolute atomic E-state index is 0.721. The first kappa shape index (κ1) is 14.0. The van der Waals surface area contributed by atoms with E-state index in [1.807, 2.05) is 36.4 Å². The fraction of sp³-hybridized carbons (Fsp3) is 0.235. The van der Waals surface area contributed by atoms with Crippen LogP contribution in [-0.4, -0.2) is 32.5 Å². The molecule has 2 aromatic carbocycles. The van der Waals surface area contributed by atoms with Crippen molar-refractivity contribution in [2.75, 3.05) is 36.0 Å². The first-order valence-corrected chi connectivity index (χ1v) is 7.45. The summed E-state index contributed by atoms with van der Waals surface area (Å²) in [6.45, 7) is 3.92. The SMILES string of the molecule is O=Cc1ccc(N2CCN(c3ccc(Cl)cc3)CC2)cc1. The highest BCUT2D eigenvalue weighted by Gasteiger charge is 2.17. The number of benzene rings is 2. The van der Waals surface area contributed by atoms with Crippen LogP contribution in [-0.2, 0) is 0 Å². The molecule has 0 bridgehead atoms. The standard InChI is InChI=1S/C17H17ClN2O/c18-15-3-7-17(8-4-15)20-11-9-19(10-12-20)16-5-1-14(13-21)2-6-16/h1-8,13H,9-12H2. The molecule has 1 heterocycles. The van der Waals surface area contributed by atoms with Crippen LogP contribution in [0.1, 0.15) is 10.4 Å². The molecule has 3 nitrogen and oxygen atoms in total. The summed E-state index contributed by atoms with van der Waals surface area (Å²) in [4.78, 5) is 15.4. The van der Waals surface area contributed by atoms with Crippen LogP contribution in [0.4, 0.5) is 11.4 Å². The van der Waals surface area contributed by atoms with Gasteiger partial charge in [0, 0.05) is 48.1 Å². The molecule has 0 spiro atoms. The first-order chi connectivity index (χ1) is 10.3. The fourth-order valence-electron chi connectivity index (χ4n) is 2.64. The van der Waals surface area contributed by atoms with Crippen LogP contribution in [0.5, 0.6) is 0 Å². The van der Waals surface area contributed by atoms with E-state index in [-0.39, 0.29) is 0 Å². The largest absolute Gasteiger partial charge is 0.368 e. The maximum Gasteiger partial charge on any atom is 0.150 e. The van der Waals surface area contributed by atoms with E-state index in [9.17, 15) is 4.79 Å². The number of aldehydes is 1. The van der Waals surface area contributed by atoms with Gasteiger partial charge in [0.15, 0.2) is 0 Å². The molecule has 1 aliphatic rings. The van der Waals surface area contributed by atoms with Gasteiger partial charge in [-0.15, -0.1) is 0 Å². The molecule has 0 amide bonds. The fourth-order valence-corrected chi connectivity index (χ4v) is 2.76. The third kappa shape index (κ3) is 3.19. The van der Waals surface area contributed by atoms with E-state index in [1.54, 1.807) is 0 Å². The van der Waals surface area contributed by atoms with E-state index in [1.165, 1.54) is 11.4 Å². The van der Waals surface area contributed by atoms with Crippen LogP contribution >= 0.6 is 11.6 Å². The van der Waals surface area contributed by atoms with Crippen molar-refractivity contribution in [2.45, 2.75) is 0 Å². The molecule has 0 atom stereocenters. The quantitative estimate of drug-likeness (QED) is 0.811. The zero-order chi connectivity index (χ0) is 14.7. The monoisotopic (exact) mass is 300 g/mol. The summed E-state index contributed by atoms with van der Waals surface area (Å²) in [5.74, 6) is 0. The molecular weight excluding hydrogens is 284 g/mol. The number of nitrogens with zero attached hydrogens (tertiary/aromatic N) is 2. The van der Waals surface area contributed by atoms with Gasteiger partial charge >= 0.3 is 0 Å². The van der Waals surface area contributed by atoms with Gasteiger partial charge in [0.1, 0.15) is 6.29 Å². The van der Waals surface area contributed by atoms with E-state index in [0.29, 0.717) is 0 Å².